The fourth-order valence-corrected chi connectivity index (χ4v) is 4.10. The van der Waals surface area contributed by atoms with Crippen molar-refractivity contribution in [2.75, 3.05) is 41.0 Å². The number of carboxylic acids is 1. The van der Waals surface area contributed by atoms with Crippen LogP contribution in [0.1, 0.15) is 110 Å². The third kappa shape index (κ3) is 22.6. The van der Waals surface area contributed by atoms with Crippen molar-refractivity contribution in [3.05, 3.63) is 24.3 Å². The highest BCUT2D eigenvalue weighted by molar-refractivity contribution is 5.70. The molecule has 2 unspecified atom stereocenters. The van der Waals surface area contributed by atoms with Gasteiger partial charge in [-0.25, -0.2) is 0 Å². The van der Waals surface area contributed by atoms with Gasteiger partial charge in [0.05, 0.1) is 40.3 Å². The Morgan fingerprint density at radius 2 is 1.25 bits per heavy atom. The maximum absolute atomic E-state index is 12.4. The zero-order chi connectivity index (χ0) is 30.1. The van der Waals surface area contributed by atoms with Crippen molar-refractivity contribution in [3.8, 4) is 0 Å². The maximum Gasteiger partial charge on any atom is 0.306 e. The van der Waals surface area contributed by atoms with E-state index in [1.807, 2.05) is 12.2 Å². The number of hydrogen-bond donors (Lipinski definition) is 0. The fourth-order valence-electron chi connectivity index (χ4n) is 4.10. The summed E-state index contributed by atoms with van der Waals surface area (Å²) in [4.78, 5) is 36.1. The number of esters is 2. The molecule has 232 valence electrons. The SMILES string of the molecule is CCCCCC/C=C/CCC(=O)OCC(COCCC(C(=O)[O-])[N+](C)(C)C)OC(=O)CC/C=C/CCCCCC. The minimum Gasteiger partial charge on any atom is -0.544 e. The molecule has 0 amide bonds. The predicted molar refractivity (Wildman–Crippen MR) is 157 cm³/mol. The van der Waals surface area contributed by atoms with Crippen LogP contribution in [0.5, 0.6) is 0 Å². The van der Waals surface area contributed by atoms with Crippen LogP contribution in [0, 0.1) is 0 Å². The van der Waals surface area contributed by atoms with Crippen molar-refractivity contribution >= 4 is 17.9 Å². The molecule has 0 aliphatic heterocycles. The quantitative estimate of drug-likeness (QED) is 0.0606. The highest BCUT2D eigenvalue weighted by atomic mass is 16.6. The van der Waals surface area contributed by atoms with Gasteiger partial charge >= 0.3 is 11.9 Å². The van der Waals surface area contributed by atoms with E-state index in [0.29, 0.717) is 12.8 Å². The maximum atomic E-state index is 12.4. The topological polar surface area (TPSA) is 102 Å². The number of aliphatic carboxylic acids is 1. The molecule has 0 aliphatic rings. The van der Waals surface area contributed by atoms with Gasteiger partial charge in [-0.2, -0.15) is 0 Å². The summed E-state index contributed by atoms with van der Waals surface area (Å²) < 4.78 is 16.8. The number of carbonyl (C=O) groups is 3. The number of rotatable bonds is 26. The van der Waals surface area contributed by atoms with Gasteiger partial charge in [0, 0.05) is 19.3 Å². The van der Waals surface area contributed by atoms with Gasteiger partial charge in [-0.05, 0) is 38.5 Å². The molecule has 0 spiro atoms. The van der Waals surface area contributed by atoms with Crippen LogP contribution >= 0.6 is 0 Å². The summed E-state index contributed by atoms with van der Waals surface area (Å²) in [7, 11) is 5.35. The van der Waals surface area contributed by atoms with E-state index in [1.165, 1.54) is 38.5 Å². The highest BCUT2D eigenvalue weighted by Crippen LogP contribution is 2.10. The van der Waals surface area contributed by atoms with E-state index in [2.05, 4.69) is 26.0 Å². The first-order valence-electron chi connectivity index (χ1n) is 15.4. The Kier molecular flexibility index (Phi) is 23.2. The summed E-state index contributed by atoms with van der Waals surface area (Å²) in [5.41, 5.74) is 0. The molecule has 0 aromatic rings. The van der Waals surface area contributed by atoms with Crippen LogP contribution < -0.4 is 5.11 Å². The van der Waals surface area contributed by atoms with Crippen molar-refractivity contribution < 1.29 is 38.2 Å². The van der Waals surface area contributed by atoms with Gasteiger partial charge in [0.15, 0.2) is 6.10 Å². The summed E-state index contributed by atoms with van der Waals surface area (Å²) in [5.74, 6) is -1.88. The van der Waals surface area contributed by atoms with Crippen molar-refractivity contribution in [1.29, 1.82) is 0 Å². The lowest BCUT2D eigenvalue weighted by Crippen LogP contribution is -2.55. The van der Waals surface area contributed by atoms with Gasteiger partial charge in [0.25, 0.3) is 0 Å². The number of hydrogen-bond acceptors (Lipinski definition) is 7. The number of unbranched alkanes of at least 4 members (excludes halogenated alkanes) is 8. The van der Waals surface area contributed by atoms with E-state index < -0.39 is 18.1 Å². The monoisotopic (exact) mass is 567 g/mol. The minimum absolute atomic E-state index is 0.0147. The lowest BCUT2D eigenvalue weighted by molar-refractivity contribution is -0.889. The Balaban J connectivity index is 4.64. The molecule has 40 heavy (non-hydrogen) atoms. The molecule has 0 aromatic heterocycles. The first-order chi connectivity index (χ1) is 19.1. The minimum atomic E-state index is -1.14. The van der Waals surface area contributed by atoms with E-state index in [4.69, 9.17) is 14.2 Å². The van der Waals surface area contributed by atoms with Gasteiger partial charge in [-0.15, -0.1) is 0 Å². The lowest BCUT2D eigenvalue weighted by atomic mass is 10.1. The van der Waals surface area contributed by atoms with Crippen LogP contribution in [0.2, 0.25) is 0 Å². The van der Waals surface area contributed by atoms with Crippen molar-refractivity contribution in [2.24, 2.45) is 0 Å². The number of nitrogens with zero attached hydrogens (tertiary/aromatic N) is 1. The zero-order valence-electron chi connectivity index (χ0n) is 26.0. The molecule has 0 radical (unpaired) electrons. The number of likely N-dealkylation sites (N-methyl/N-ethyl adjacent to an activating group) is 1. The highest BCUT2D eigenvalue weighted by Gasteiger charge is 2.25. The molecule has 0 saturated carbocycles. The Bertz CT molecular complexity index is 727. The molecule has 0 bridgehead atoms. The summed E-state index contributed by atoms with van der Waals surface area (Å²) in [6.45, 7) is 4.44. The molecule has 0 aliphatic carbocycles. The second kappa shape index (κ2) is 24.6. The standard InChI is InChI=1S/C32H57NO7/c1-6-8-10-12-14-16-18-20-22-30(34)39-27-28(26-38-25-24-29(32(36)37)33(3,4)5)40-31(35)23-21-19-17-15-13-11-9-7-2/h16-19,28-29H,6-15,20-27H2,1-5H3/b18-16+,19-17+. The second-order valence-electron chi connectivity index (χ2n) is 11.3. The summed E-state index contributed by atoms with van der Waals surface area (Å²) >= 11 is 0. The van der Waals surface area contributed by atoms with Crippen LogP contribution in [0.15, 0.2) is 24.3 Å². The predicted octanol–water partition coefficient (Wildman–Crippen LogP) is 5.29. The van der Waals surface area contributed by atoms with E-state index in [0.717, 1.165) is 25.7 Å². The zero-order valence-corrected chi connectivity index (χ0v) is 26.0. The molecule has 0 aromatic carbocycles. The molecule has 0 saturated heterocycles. The largest absolute Gasteiger partial charge is 0.544 e. The smallest absolute Gasteiger partial charge is 0.306 e. The summed E-state index contributed by atoms with van der Waals surface area (Å²) in [5, 5.41) is 11.5. The van der Waals surface area contributed by atoms with Crippen LogP contribution in [0.4, 0.5) is 0 Å². The third-order valence-corrected chi connectivity index (χ3v) is 6.59. The number of carbonyl (C=O) groups excluding carboxylic acids is 3. The Hall–Kier alpha value is -2.19. The molecular weight excluding hydrogens is 510 g/mol. The molecule has 0 rings (SSSR count). The van der Waals surface area contributed by atoms with E-state index in [1.54, 1.807) is 21.1 Å². The van der Waals surface area contributed by atoms with E-state index in [9.17, 15) is 19.5 Å². The molecule has 2 atom stereocenters. The molecule has 0 heterocycles. The van der Waals surface area contributed by atoms with E-state index in [-0.39, 0.29) is 55.5 Å². The Morgan fingerprint density at radius 1 is 0.725 bits per heavy atom. The average molecular weight is 568 g/mol. The third-order valence-electron chi connectivity index (χ3n) is 6.59. The van der Waals surface area contributed by atoms with Crippen LogP contribution in [-0.2, 0) is 28.6 Å². The molecule has 0 N–H and O–H groups in total. The first-order valence-corrected chi connectivity index (χ1v) is 15.4. The summed E-state index contributed by atoms with van der Waals surface area (Å²) in [6.07, 6.45) is 21.1. The van der Waals surface area contributed by atoms with E-state index >= 15 is 0 Å². The molecule has 8 nitrogen and oxygen atoms in total. The summed E-state index contributed by atoms with van der Waals surface area (Å²) in [6, 6.07) is -0.729. The van der Waals surface area contributed by atoms with Crippen molar-refractivity contribution in [2.45, 2.75) is 122 Å². The lowest BCUT2D eigenvalue weighted by Gasteiger charge is -2.34. The number of ether oxygens (including phenoxy) is 3. The number of carboxylic acid groups (broad SMARTS) is 1. The van der Waals surface area contributed by atoms with Gasteiger partial charge in [-0.3, -0.25) is 9.59 Å². The number of allylic oxidation sites excluding steroid dienone is 4. The second-order valence-corrected chi connectivity index (χ2v) is 11.3. The first kappa shape index (κ1) is 37.8. The van der Waals surface area contributed by atoms with Crippen LogP contribution in [-0.4, -0.2) is 75.5 Å². The molecule has 0 fully saturated rings. The fraction of sp³-hybridized carbons (Fsp3) is 0.781. The van der Waals surface area contributed by atoms with Gasteiger partial charge < -0.3 is 28.6 Å². The van der Waals surface area contributed by atoms with Crippen LogP contribution in [0.3, 0.4) is 0 Å². The van der Waals surface area contributed by atoms with Gasteiger partial charge in [-0.1, -0.05) is 76.7 Å². The average Bonchev–Trinajstić information content (AvgIpc) is 2.89. The van der Waals surface area contributed by atoms with Crippen molar-refractivity contribution in [3.63, 3.8) is 0 Å². The number of quaternary nitrogens is 1. The van der Waals surface area contributed by atoms with Crippen LogP contribution in [0.25, 0.3) is 0 Å². The molecular formula is C32H57NO7. The molecule has 8 heteroatoms. The van der Waals surface area contributed by atoms with Gasteiger partial charge in [0.1, 0.15) is 12.6 Å². The van der Waals surface area contributed by atoms with Crippen molar-refractivity contribution in [1.82, 2.24) is 0 Å². The Morgan fingerprint density at radius 3 is 1.75 bits per heavy atom. The Labute approximate surface area is 243 Å². The van der Waals surface area contributed by atoms with Gasteiger partial charge in [0.2, 0.25) is 0 Å². The normalized spacial score (nSPS) is 13.5.